The van der Waals surface area contributed by atoms with Gasteiger partial charge in [0.1, 0.15) is 0 Å². The second-order valence-corrected chi connectivity index (χ2v) is 3.92. The minimum atomic E-state index is -1.41. The van der Waals surface area contributed by atoms with Crippen molar-refractivity contribution >= 4 is 12.6 Å². The zero-order chi connectivity index (χ0) is 11.6. The number of nitrogens with two attached hydrogens (primary N) is 1. The second-order valence-electron chi connectivity index (χ2n) is 3.92. The monoisotopic (exact) mass is 207 g/mol. The Morgan fingerprint density at radius 1 is 1.20 bits per heavy atom. The molecule has 0 aromatic heterocycles. The molecule has 0 heterocycles. The lowest BCUT2D eigenvalue weighted by Gasteiger charge is -2.16. The zero-order valence-corrected chi connectivity index (χ0v) is 9.54. The van der Waals surface area contributed by atoms with Crippen molar-refractivity contribution in [3.05, 3.63) is 28.3 Å². The first-order valence-electron chi connectivity index (χ1n) is 5.14. The molecular formula is C11H18BNO2. The fourth-order valence-corrected chi connectivity index (χ4v) is 1.87. The topological polar surface area (TPSA) is 66.5 Å². The summed E-state index contributed by atoms with van der Waals surface area (Å²) >= 11 is 0. The average molecular weight is 207 g/mol. The van der Waals surface area contributed by atoms with E-state index in [1.807, 2.05) is 26.8 Å². The zero-order valence-electron chi connectivity index (χ0n) is 9.54. The Balaban J connectivity index is 3.36. The molecule has 0 aliphatic rings. The Morgan fingerprint density at radius 2 is 1.80 bits per heavy atom. The van der Waals surface area contributed by atoms with E-state index >= 15 is 0 Å². The number of rotatable bonds is 3. The third-order valence-corrected chi connectivity index (χ3v) is 3.00. The van der Waals surface area contributed by atoms with E-state index in [9.17, 15) is 10.0 Å². The highest BCUT2D eigenvalue weighted by atomic mass is 16.4. The standard InChI is InChI=1S/C11H18BNO2/c1-7-6-11(12(14)15)10(4-5-13)9(3)8(7)2/h6,14-15H,4-5,13H2,1-3H3. The molecule has 15 heavy (non-hydrogen) atoms. The largest absolute Gasteiger partial charge is 0.488 e. The highest BCUT2D eigenvalue weighted by Crippen LogP contribution is 2.16. The molecule has 4 N–H and O–H groups in total. The highest BCUT2D eigenvalue weighted by molar-refractivity contribution is 6.59. The van der Waals surface area contributed by atoms with E-state index in [-0.39, 0.29) is 0 Å². The minimum Gasteiger partial charge on any atom is -0.423 e. The van der Waals surface area contributed by atoms with Gasteiger partial charge in [-0.1, -0.05) is 6.07 Å². The van der Waals surface area contributed by atoms with Crippen LogP contribution in [0.5, 0.6) is 0 Å². The normalized spacial score (nSPS) is 10.5. The van der Waals surface area contributed by atoms with Crippen LogP contribution >= 0.6 is 0 Å². The predicted molar refractivity (Wildman–Crippen MR) is 63.2 cm³/mol. The van der Waals surface area contributed by atoms with Gasteiger partial charge in [0.05, 0.1) is 0 Å². The summed E-state index contributed by atoms with van der Waals surface area (Å²) in [6.45, 7) is 6.53. The minimum absolute atomic E-state index is 0.517. The fraction of sp³-hybridized carbons (Fsp3) is 0.455. The van der Waals surface area contributed by atoms with Gasteiger partial charge in [-0.15, -0.1) is 0 Å². The highest BCUT2D eigenvalue weighted by Gasteiger charge is 2.19. The summed E-state index contributed by atoms with van der Waals surface area (Å²) in [5, 5.41) is 18.6. The summed E-state index contributed by atoms with van der Waals surface area (Å²) in [7, 11) is -1.41. The molecule has 0 bridgehead atoms. The predicted octanol–water partition coefficient (Wildman–Crippen LogP) is -0.207. The van der Waals surface area contributed by atoms with Crippen LogP contribution in [-0.4, -0.2) is 23.7 Å². The molecule has 0 saturated carbocycles. The van der Waals surface area contributed by atoms with Crippen molar-refractivity contribution in [2.24, 2.45) is 5.73 Å². The maximum atomic E-state index is 9.29. The van der Waals surface area contributed by atoms with Gasteiger partial charge in [-0.3, -0.25) is 0 Å². The number of aryl methyl sites for hydroxylation is 1. The van der Waals surface area contributed by atoms with Crippen LogP contribution in [0.25, 0.3) is 0 Å². The number of hydrogen-bond donors (Lipinski definition) is 3. The number of hydrogen-bond acceptors (Lipinski definition) is 3. The molecule has 0 aliphatic heterocycles. The van der Waals surface area contributed by atoms with Gasteiger partial charge in [-0.25, -0.2) is 0 Å². The Hall–Kier alpha value is -0.835. The summed E-state index contributed by atoms with van der Waals surface area (Å²) in [5.74, 6) is 0. The lowest BCUT2D eigenvalue weighted by molar-refractivity contribution is 0.425. The second kappa shape index (κ2) is 4.79. The van der Waals surface area contributed by atoms with Crippen molar-refractivity contribution in [1.29, 1.82) is 0 Å². The van der Waals surface area contributed by atoms with Crippen LogP contribution < -0.4 is 11.2 Å². The lowest BCUT2D eigenvalue weighted by Crippen LogP contribution is -2.35. The molecule has 0 amide bonds. The van der Waals surface area contributed by atoms with Gasteiger partial charge < -0.3 is 15.8 Å². The van der Waals surface area contributed by atoms with Gasteiger partial charge in [-0.2, -0.15) is 0 Å². The van der Waals surface area contributed by atoms with E-state index in [1.165, 1.54) is 5.56 Å². The van der Waals surface area contributed by atoms with Crippen molar-refractivity contribution in [2.75, 3.05) is 6.54 Å². The molecule has 82 valence electrons. The molecule has 0 fully saturated rings. The van der Waals surface area contributed by atoms with Crippen molar-refractivity contribution in [1.82, 2.24) is 0 Å². The first-order chi connectivity index (χ1) is 6.99. The van der Waals surface area contributed by atoms with Crippen LogP contribution in [0.2, 0.25) is 0 Å². The van der Waals surface area contributed by atoms with Gasteiger partial charge in [-0.05, 0) is 61.5 Å². The fourth-order valence-electron chi connectivity index (χ4n) is 1.87. The summed E-state index contributed by atoms with van der Waals surface area (Å²) in [4.78, 5) is 0. The smallest absolute Gasteiger partial charge is 0.423 e. The molecule has 0 saturated heterocycles. The maximum Gasteiger partial charge on any atom is 0.488 e. The third kappa shape index (κ3) is 2.40. The van der Waals surface area contributed by atoms with Crippen LogP contribution in [-0.2, 0) is 6.42 Å². The SMILES string of the molecule is Cc1cc(B(O)O)c(CCN)c(C)c1C. The van der Waals surface area contributed by atoms with Gasteiger partial charge in [0.15, 0.2) is 0 Å². The maximum absolute atomic E-state index is 9.29. The molecule has 1 aromatic rings. The summed E-state index contributed by atoms with van der Waals surface area (Å²) < 4.78 is 0. The summed E-state index contributed by atoms with van der Waals surface area (Å²) in [6, 6.07) is 1.83. The molecule has 0 radical (unpaired) electrons. The molecule has 0 spiro atoms. The van der Waals surface area contributed by atoms with Gasteiger partial charge in [0, 0.05) is 0 Å². The lowest BCUT2D eigenvalue weighted by atomic mass is 9.73. The van der Waals surface area contributed by atoms with E-state index < -0.39 is 7.12 Å². The van der Waals surface area contributed by atoms with Crippen molar-refractivity contribution < 1.29 is 10.0 Å². The van der Waals surface area contributed by atoms with Crippen LogP contribution in [0.4, 0.5) is 0 Å². The van der Waals surface area contributed by atoms with E-state index in [1.54, 1.807) is 0 Å². The van der Waals surface area contributed by atoms with E-state index in [0.29, 0.717) is 18.4 Å². The van der Waals surface area contributed by atoms with E-state index in [4.69, 9.17) is 5.73 Å². The molecule has 4 heteroatoms. The molecule has 0 atom stereocenters. The molecular weight excluding hydrogens is 189 g/mol. The van der Waals surface area contributed by atoms with Crippen LogP contribution in [0.1, 0.15) is 22.3 Å². The Labute approximate surface area is 91.1 Å². The van der Waals surface area contributed by atoms with E-state index in [2.05, 4.69) is 0 Å². The van der Waals surface area contributed by atoms with Crippen LogP contribution in [0.3, 0.4) is 0 Å². The van der Waals surface area contributed by atoms with E-state index in [0.717, 1.165) is 16.7 Å². The van der Waals surface area contributed by atoms with Crippen LogP contribution in [0.15, 0.2) is 6.07 Å². The Kier molecular flexibility index (Phi) is 3.91. The Bertz CT molecular complexity index is 364. The summed E-state index contributed by atoms with van der Waals surface area (Å²) in [6.07, 6.45) is 0.680. The van der Waals surface area contributed by atoms with Crippen LogP contribution in [0, 0.1) is 20.8 Å². The van der Waals surface area contributed by atoms with Crippen molar-refractivity contribution in [2.45, 2.75) is 27.2 Å². The van der Waals surface area contributed by atoms with Gasteiger partial charge >= 0.3 is 7.12 Å². The molecule has 1 rings (SSSR count). The quantitative estimate of drug-likeness (QED) is 0.601. The molecule has 3 nitrogen and oxygen atoms in total. The first kappa shape index (κ1) is 12.2. The summed E-state index contributed by atoms with van der Waals surface area (Å²) in [5.41, 5.74) is 10.5. The Morgan fingerprint density at radius 3 is 2.27 bits per heavy atom. The van der Waals surface area contributed by atoms with Gasteiger partial charge in [0.2, 0.25) is 0 Å². The number of benzene rings is 1. The first-order valence-corrected chi connectivity index (χ1v) is 5.14. The van der Waals surface area contributed by atoms with Crippen molar-refractivity contribution in [3.8, 4) is 0 Å². The third-order valence-electron chi connectivity index (χ3n) is 3.00. The molecule has 1 aromatic carbocycles. The van der Waals surface area contributed by atoms with Crippen molar-refractivity contribution in [3.63, 3.8) is 0 Å². The average Bonchev–Trinajstić information content (AvgIpc) is 2.18. The molecule has 0 aliphatic carbocycles. The van der Waals surface area contributed by atoms with Gasteiger partial charge in [0.25, 0.3) is 0 Å². The molecule has 0 unspecified atom stereocenters.